The van der Waals surface area contributed by atoms with Crippen molar-refractivity contribution in [2.24, 2.45) is 0 Å². The second kappa shape index (κ2) is 5.71. The molecule has 0 spiro atoms. The van der Waals surface area contributed by atoms with Gasteiger partial charge in [-0.05, 0) is 24.3 Å². The Hall–Kier alpha value is -1.09. The molecule has 0 aliphatic heterocycles. The third-order valence-electron chi connectivity index (χ3n) is 2.20. The zero-order valence-corrected chi connectivity index (χ0v) is 10.3. The van der Waals surface area contributed by atoms with Crippen LogP contribution in [0.25, 0.3) is 0 Å². The first-order valence-corrected chi connectivity index (χ1v) is 5.57. The predicted octanol–water partition coefficient (Wildman–Crippen LogP) is 2.98. The molecule has 0 N–H and O–H groups in total. The lowest BCUT2D eigenvalue weighted by Crippen LogP contribution is -2.24. The molecule has 0 radical (unpaired) electrons. The Morgan fingerprint density at radius 1 is 1.53 bits per heavy atom. The minimum Gasteiger partial charge on any atom is -0.320 e. The molecule has 0 fully saturated rings. The molecule has 1 aromatic rings. The highest BCUT2D eigenvalue weighted by Crippen LogP contribution is 2.16. The fraction of sp³-hybridized carbons (Fsp3) is 0.250. The number of carbonyl (C=O) groups excluding carboxylic acids is 1. The van der Waals surface area contributed by atoms with Gasteiger partial charge < -0.3 is 4.90 Å². The number of amides is 1. The number of hydrogen-bond acceptors (Lipinski definition) is 1. The van der Waals surface area contributed by atoms with Gasteiger partial charge in [0.25, 0.3) is 0 Å². The summed E-state index contributed by atoms with van der Waals surface area (Å²) in [5.41, 5.74) is 1.20. The highest BCUT2D eigenvalue weighted by Gasteiger charge is 2.05. The zero-order valence-electron chi connectivity index (χ0n) is 8.74. The van der Waals surface area contributed by atoms with Gasteiger partial charge in [-0.25, -0.2) is 0 Å². The lowest BCUT2D eigenvalue weighted by molar-refractivity contribution is -0.126. The Morgan fingerprint density at radius 3 is 2.73 bits per heavy atom. The topological polar surface area (TPSA) is 20.3 Å². The van der Waals surface area contributed by atoms with Crippen LogP contribution < -0.4 is 0 Å². The van der Waals surface area contributed by atoms with E-state index in [0.717, 1.165) is 10.9 Å². The second-order valence-corrected chi connectivity index (χ2v) is 4.09. The molecule has 0 aliphatic rings. The number of nitrogens with zero attached hydrogens (tertiary/aromatic N) is 1. The van der Waals surface area contributed by atoms with E-state index in [-0.39, 0.29) is 5.91 Å². The zero-order chi connectivity index (χ0) is 11.3. The van der Waals surface area contributed by atoms with E-state index < -0.39 is 0 Å². The summed E-state index contributed by atoms with van der Waals surface area (Å²) in [4.78, 5) is 12.7. The van der Waals surface area contributed by atoms with Gasteiger partial charge in [-0.1, -0.05) is 40.7 Å². The lowest BCUT2D eigenvalue weighted by Gasteiger charge is -2.15. The van der Waals surface area contributed by atoms with Crippen LogP contribution >= 0.6 is 15.9 Å². The molecule has 0 saturated carbocycles. The molecule has 0 aromatic heterocycles. The Kier molecular flexibility index (Phi) is 4.56. The van der Waals surface area contributed by atoms with E-state index in [4.69, 9.17) is 0 Å². The summed E-state index contributed by atoms with van der Waals surface area (Å²) in [6.07, 6.45) is 2.40. The Labute approximate surface area is 98.7 Å². The minimum atomic E-state index is 0.0250. The first-order chi connectivity index (χ1) is 7.15. The Balaban J connectivity index is 2.60. The maximum atomic E-state index is 11.1. The van der Waals surface area contributed by atoms with E-state index in [1.54, 1.807) is 18.0 Å². The molecule has 0 aliphatic carbocycles. The first kappa shape index (κ1) is 12.0. The Bertz CT molecular complexity index is 362. The van der Waals surface area contributed by atoms with Gasteiger partial charge in [0.15, 0.2) is 0 Å². The number of halogens is 1. The van der Waals surface area contributed by atoms with Crippen molar-refractivity contribution in [1.82, 2.24) is 4.90 Å². The third-order valence-corrected chi connectivity index (χ3v) is 2.98. The van der Waals surface area contributed by atoms with Crippen molar-refractivity contribution >= 4 is 21.8 Å². The number of carbonyl (C=O) groups is 1. The van der Waals surface area contributed by atoms with Crippen molar-refractivity contribution in [3.8, 4) is 0 Å². The van der Waals surface area contributed by atoms with E-state index in [0.29, 0.717) is 6.54 Å². The fourth-order valence-electron chi connectivity index (χ4n) is 1.32. The summed E-state index contributed by atoms with van der Waals surface area (Å²) < 4.78 is 1.08. The number of benzene rings is 1. The first-order valence-electron chi connectivity index (χ1n) is 4.78. The summed E-state index contributed by atoms with van der Waals surface area (Å²) in [5.74, 6) is 0.0250. The van der Waals surface area contributed by atoms with Crippen LogP contribution in [0.1, 0.15) is 12.5 Å². The molecule has 3 heteroatoms. The van der Waals surface area contributed by atoms with Crippen LogP contribution in [0.4, 0.5) is 0 Å². The van der Waals surface area contributed by atoms with Crippen LogP contribution in [0.2, 0.25) is 0 Å². The monoisotopic (exact) mass is 267 g/mol. The van der Waals surface area contributed by atoms with E-state index in [2.05, 4.69) is 22.5 Å². The number of rotatable bonds is 4. The second-order valence-electron chi connectivity index (χ2n) is 3.24. The van der Waals surface area contributed by atoms with Crippen LogP contribution in [-0.4, -0.2) is 17.4 Å². The smallest absolute Gasteiger partial charge is 0.223 e. The Morgan fingerprint density at radius 2 is 2.20 bits per heavy atom. The summed E-state index contributed by atoms with van der Waals surface area (Å²) in [6, 6.07) is 8.02. The van der Waals surface area contributed by atoms with Crippen LogP contribution in [0.3, 0.4) is 0 Å². The molecule has 0 unspecified atom stereocenters. The van der Waals surface area contributed by atoms with Gasteiger partial charge in [0.05, 0.1) is 0 Å². The highest BCUT2D eigenvalue weighted by atomic mass is 79.9. The van der Waals surface area contributed by atoms with Crippen molar-refractivity contribution < 1.29 is 4.79 Å². The summed E-state index contributed by atoms with van der Waals surface area (Å²) in [6.45, 7) is 5.82. The van der Waals surface area contributed by atoms with Crippen molar-refractivity contribution in [1.29, 1.82) is 0 Å². The summed E-state index contributed by atoms with van der Waals surface area (Å²) >= 11 is 3.48. The molecule has 1 aromatic carbocycles. The van der Waals surface area contributed by atoms with E-state index in [1.165, 1.54) is 5.56 Å². The molecule has 80 valence electrons. The van der Waals surface area contributed by atoms with Gasteiger partial charge >= 0.3 is 0 Å². The molecule has 0 atom stereocenters. The van der Waals surface area contributed by atoms with Crippen LogP contribution in [0.15, 0.2) is 41.5 Å². The van der Waals surface area contributed by atoms with E-state index in [9.17, 15) is 4.79 Å². The van der Waals surface area contributed by atoms with Crippen molar-refractivity contribution in [2.75, 3.05) is 6.54 Å². The molecule has 1 rings (SSSR count). The maximum absolute atomic E-state index is 11.1. The molecule has 0 saturated heterocycles. The number of hydrogen-bond donors (Lipinski definition) is 0. The molecular weight excluding hydrogens is 254 g/mol. The van der Waals surface area contributed by atoms with Gasteiger partial charge in [-0.2, -0.15) is 0 Å². The standard InChI is InChI=1S/C12H14BrNO/c1-3-14(10(2)15)9-8-11-6-4-5-7-12(11)13/h3-7H,1,8-9H2,2H3. The quantitative estimate of drug-likeness (QED) is 0.822. The molecule has 15 heavy (non-hydrogen) atoms. The van der Waals surface area contributed by atoms with Gasteiger partial charge in [0, 0.05) is 17.9 Å². The normalized spacial score (nSPS) is 9.73. The van der Waals surface area contributed by atoms with Crippen molar-refractivity contribution in [3.05, 3.63) is 47.1 Å². The fourth-order valence-corrected chi connectivity index (χ4v) is 1.80. The van der Waals surface area contributed by atoms with Crippen molar-refractivity contribution in [3.63, 3.8) is 0 Å². The largest absolute Gasteiger partial charge is 0.320 e. The summed E-state index contributed by atoms with van der Waals surface area (Å²) in [5, 5.41) is 0. The van der Waals surface area contributed by atoms with Gasteiger partial charge in [-0.15, -0.1) is 0 Å². The SMILES string of the molecule is C=CN(CCc1ccccc1Br)C(C)=O. The van der Waals surface area contributed by atoms with Crippen molar-refractivity contribution in [2.45, 2.75) is 13.3 Å². The van der Waals surface area contributed by atoms with E-state index >= 15 is 0 Å². The molecular formula is C12H14BrNO. The van der Waals surface area contributed by atoms with Crippen LogP contribution in [0.5, 0.6) is 0 Å². The van der Waals surface area contributed by atoms with Gasteiger partial charge in [0.2, 0.25) is 5.91 Å². The third kappa shape index (κ3) is 3.51. The average Bonchev–Trinajstić information content (AvgIpc) is 2.21. The lowest BCUT2D eigenvalue weighted by atomic mass is 10.1. The molecule has 2 nitrogen and oxygen atoms in total. The highest BCUT2D eigenvalue weighted by molar-refractivity contribution is 9.10. The van der Waals surface area contributed by atoms with Gasteiger partial charge in [0.1, 0.15) is 0 Å². The van der Waals surface area contributed by atoms with Crippen LogP contribution in [-0.2, 0) is 11.2 Å². The summed E-state index contributed by atoms with van der Waals surface area (Å²) in [7, 11) is 0. The molecule has 1 amide bonds. The van der Waals surface area contributed by atoms with Gasteiger partial charge in [-0.3, -0.25) is 4.79 Å². The molecule has 0 heterocycles. The average molecular weight is 268 g/mol. The molecule has 0 bridgehead atoms. The maximum Gasteiger partial charge on any atom is 0.223 e. The van der Waals surface area contributed by atoms with E-state index in [1.807, 2.05) is 24.3 Å². The van der Waals surface area contributed by atoms with Crippen LogP contribution in [0, 0.1) is 0 Å². The predicted molar refractivity (Wildman–Crippen MR) is 65.4 cm³/mol. The minimum absolute atomic E-state index is 0.0250.